The van der Waals surface area contributed by atoms with Gasteiger partial charge in [0.1, 0.15) is 28.8 Å². The number of aromatic amines is 1. The molecule has 3 amide bonds. The number of ketones is 1. The van der Waals surface area contributed by atoms with Crippen molar-refractivity contribution in [3.63, 3.8) is 0 Å². The van der Waals surface area contributed by atoms with Crippen molar-refractivity contribution in [2.45, 2.75) is 45.2 Å². The number of H-pyrrole nitrogens is 1. The Hall–Kier alpha value is -4.58. The molecule has 234 valence electrons. The Kier molecular flexibility index (Phi) is 10.5. The highest BCUT2D eigenvalue weighted by atomic mass is 35.5. The summed E-state index contributed by atoms with van der Waals surface area (Å²) in [6.07, 6.45) is 0.702. The number of phenols is 1. The number of hydrogen-bond acceptors (Lipinski definition) is 8. The predicted molar refractivity (Wildman–Crippen MR) is 162 cm³/mol. The zero-order chi connectivity index (χ0) is 32.0. The summed E-state index contributed by atoms with van der Waals surface area (Å²) in [6, 6.07) is 8.58. The van der Waals surface area contributed by atoms with E-state index in [4.69, 9.17) is 21.1 Å². The number of carbonyl (C=O) groups excluding carboxylic acids is 5. The second-order valence-electron chi connectivity index (χ2n) is 11.0. The van der Waals surface area contributed by atoms with Crippen LogP contribution in [-0.4, -0.2) is 71.9 Å². The molecule has 1 fully saturated rings. The number of methoxy groups -OCH3 is 1. The first-order valence-corrected chi connectivity index (χ1v) is 14.6. The first-order chi connectivity index (χ1) is 21.0. The van der Waals surface area contributed by atoms with Gasteiger partial charge in [-0.3, -0.25) is 19.2 Å². The maximum Gasteiger partial charge on any atom is 0.342 e. The van der Waals surface area contributed by atoms with Gasteiger partial charge < -0.3 is 35.5 Å². The molecule has 1 aromatic heterocycles. The second kappa shape index (κ2) is 14.3. The quantitative estimate of drug-likeness (QED) is 0.180. The highest BCUT2D eigenvalue weighted by Gasteiger charge is 2.34. The molecule has 12 nitrogen and oxygen atoms in total. The van der Waals surface area contributed by atoms with Crippen molar-refractivity contribution in [1.29, 1.82) is 0 Å². The van der Waals surface area contributed by atoms with Crippen LogP contribution < -0.4 is 20.7 Å². The summed E-state index contributed by atoms with van der Waals surface area (Å²) < 4.78 is 10.5. The summed E-state index contributed by atoms with van der Waals surface area (Å²) in [5.74, 6) is -3.40. The summed E-state index contributed by atoms with van der Waals surface area (Å²) >= 11 is 5.81. The average Bonchev–Trinajstić information content (AvgIpc) is 3.60. The minimum Gasteiger partial charge on any atom is -0.507 e. The van der Waals surface area contributed by atoms with Gasteiger partial charge in [-0.2, -0.15) is 0 Å². The van der Waals surface area contributed by atoms with Crippen molar-refractivity contribution in [3.8, 4) is 11.5 Å². The van der Waals surface area contributed by atoms with Gasteiger partial charge >= 0.3 is 5.97 Å². The number of aromatic nitrogens is 1. The number of fused-ring (bicyclic) bond motifs is 1. The zero-order valence-corrected chi connectivity index (χ0v) is 25.3. The van der Waals surface area contributed by atoms with E-state index in [1.54, 1.807) is 24.3 Å². The number of Topliss-reactive ketones (excluding diaryl/α,β-unsaturated/α-hetero) is 1. The summed E-state index contributed by atoms with van der Waals surface area (Å²) in [6.45, 7) is 3.48. The fourth-order valence-corrected chi connectivity index (χ4v) is 5.22. The predicted octanol–water partition coefficient (Wildman–Crippen LogP) is 3.12. The van der Waals surface area contributed by atoms with Crippen molar-refractivity contribution >= 4 is 52.0 Å². The lowest BCUT2D eigenvalue weighted by molar-refractivity contribution is -0.131. The smallest absolute Gasteiger partial charge is 0.342 e. The molecule has 0 bridgehead atoms. The number of rotatable bonds is 13. The lowest BCUT2D eigenvalue weighted by atomic mass is 9.95. The van der Waals surface area contributed by atoms with Gasteiger partial charge in [-0.15, -0.1) is 0 Å². The van der Waals surface area contributed by atoms with Gasteiger partial charge in [-0.1, -0.05) is 31.5 Å². The van der Waals surface area contributed by atoms with E-state index < -0.39 is 53.9 Å². The standard InChI is InChI=1S/C31H35ClN4O8/c1-16(2)11-23(36-30(41)24-14-20-21(34-24)5-4-6-27(20)43-3)29(40)35-22(12-17-9-10-33-28(17)39)26(38)15-44-31(42)19-8-7-18(32)13-25(19)37/h4-8,13-14,16-17,22-23,34,37H,9-12,15H2,1-3H3,(H,33,39)(H,35,40)(H,36,41). The molecule has 1 saturated heterocycles. The molecule has 2 aromatic carbocycles. The van der Waals surface area contributed by atoms with E-state index in [0.717, 1.165) is 6.07 Å². The third kappa shape index (κ3) is 7.87. The molecule has 3 aromatic rings. The number of amides is 3. The Bertz CT molecular complexity index is 1570. The first kappa shape index (κ1) is 32.3. The third-order valence-corrected chi connectivity index (χ3v) is 7.57. The maximum atomic E-state index is 13.6. The van der Waals surface area contributed by atoms with Crippen LogP contribution in [0.1, 0.15) is 54.0 Å². The average molecular weight is 627 g/mol. The molecule has 3 atom stereocenters. The lowest BCUT2D eigenvalue weighted by Crippen LogP contribution is -2.53. The number of aromatic hydroxyl groups is 1. The number of halogens is 1. The van der Waals surface area contributed by atoms with Crippen LogP contribution in [0, 0.1) is 11.8 Å². The fourth-order valence-electron chi connectivity index (χ4n) is 5.06. The Morgan fingerprint density at radius 2 is 1.86 bits per heavy atom. The fraction of sp³-hybridized carbons (Fsp3) is 0.387. The van der Waals surface area contributed by atoms with E-state index in [1.165, 1.54) is 19.2 Å². The Morgan fingerprint density at radius 3 is 2.52 bits per heavy atom. The van der Waals surface area contributed by atoms with E-state index in [2.05, 4.69) is 20.9 Å². The monoisotopic (exact) mass is 626 g/mol. The van der Waals surface area contributed by atoms with Crippen LogP contribution in [-0.2, 0) is 19.1 Å². The summed E-state index contributed by atoms with van der Waals surface area (Å²) in [7, 11) is 1.53. The molecule has 5 N–H and O–H groups in total. The molecular formula is C31H35ClN4O8. The van der Waals surface area contributed by atoms with Gasteiger partial charge in [-0.25, -0.2) is 4.79 Å². The van der Waals surface area contributed by atoms with Crippen molar-refractivity contribution in [2.75, 3.05) is 20.3 Å². The largest absolute Gasteiger partial charge is 0.507 e. The Labute approximate surface area is 258 Å². The van der Waals surface area contributed by atoms with Gasteiger partial charge in [0.25, 0.3) is 5.91 Å². The van der Waals surface area contributed by atoms with Crippen LogP contribution in [0.25, 0.3) is 10.9 Å². The number of phenolic OH excluding ortho intramolecular Hbond substituents is 1. The Balaban J connectivity index is 1.49. The highest BCUT2D eigenvalue weighted by Crippen LogP contribution is 2.26. The SMILES string of the molecule is COc1cccc2[nH]c(C(=O)NC(CC(C)C)C(=O)NC(CC3CCNC3=O)C(=O)COC(=O)c3ccc(Cl)cc3O)cc12. The molecule has 4 rings (SSSR count). The molecule has 13 heteroatoms. The molecule has 0 spiro atoms. The minimum absolute atomic E-state index is 0.00312. The third-order valence-electron chi connectivity index (χ3n) is 7.33. The van der Waals surface area contributed by atoms with Crippen LogP contribution in [0.4, 0.5) is 0 Å². The molecule has 0 aliphatic carbocycles. The van der Waals surface area contributed by atoms with Gasteiger partial charge in [0.05, 0.1) is 13.2 Å². The number of esters is 1. The first-order valence-electron chi connectivity index (χ1n) is 14.2. The molecule has 3 unspecified atom stereocenters. The van der Waals surface area contributed by atoms with Gasteiger partial charge in [0.2, 0.25) is 11.8 Å². The number of ether oxygens (including phenoxy) is 2. The maximum absolute atomic E-state index is 13.6. The summed E-state index contributed by atoms with van der Waals surface area (Å²) in [5.41, 5.74) is 0.715. The number of benzene rings is 2. The van der Waals surface area contributed by atoms with Gasteiger partial charge in [-0.05, 0) is 61.6 Å². The normalized spacial score (nSPS) is 15.8. The molecule has 1 aliphatic heterocycles. The van der Waals surface area contributed by atoms with Crippen LogP contribution in [0.15, 0.2) is 42.5 Å². The molecule has 0 radical (unpaired) electrons. The molecule has 44 heavy (non-hydrogen) atoms. The molecule has 2 heterocycles. The topological polar surface area (TPSA) is 176 Å². The molecular weight excluding hydrogens is 592 g/mol. The van der Waals surface area contributed by atoms with Crippen molar-refractivity contribution in [2.24, 2.45) is 11.8 Å². The van der Waals surface area contributed by atoms with E-state index in [9.17, 15) is 29.1 Å². The van der Waals surface area contributed by atoms with E-state index in [1.807, 2.05) is 13.8 Å². The Morgan fingerprint density at radius 1 is 1.09 bits per heavy atom. The molecule has 1 aliphatic rings. The van der Waals surface area contributed by atoms with E-state index in [0.29, 0.717) is 29.6 Å². The zero-order valence-electron chi connectivity index (χ0n) is 24.6. The van der Waals surface area contributed by atoms with Crippen LogP contribution in [0.3, 0.4) is 0 Å². The van der Waals surface area contributed by atoms with Crippen molar-refractivity contribution < 1.29 is 38.6 Å². The van der Waals surface area contributed by atoms with E-state index >= 15 is 0 Å². The second-order valence-corrected chi connectivity index (χ2v) is 11.5. The summed E-state index contributed by atoms with van der Waals surface area (Å²) in [5, 5.41) is 19.1. The minimum atomic E-state index is -1.19. The van der Waals surface area contributed by atoms with Crippen LogP contribution in [0.5, 0.6) is 11.5 Å². The number of hydrogen-bond donors (Lipinski definition) is 5. The van der Waals surface area contributed by atoms with Crippen molar-refractivity contribution in [1.82, 2.24) is 20.9 Å². The summed E-state index contributed by atoms with van der Waals surface area (Å²) in [4.78, 5) is 68.0. The van der Waals surface area contributed by atoms with E-state index in [-0.39, 0.29) is 40.9 Å². The van der Waals surface area contributed by atoms with Gasteiger partial charge in [0.15, 0.2) is 12.4 Å². The molecule has 0 saturated carbocycles. The van der Waals surface area contributed by atoms with Crippen LogP contribution in [0.2, 0.25) is 5.02 Å². The number of carbonyl (C=O) groups is 5. The van der Waals surface area contributed by atoms with Gasteiger partial charge in [0, 0.05) is 28.4 Å². The van der Waals surface area contributed by atoms with Crippen molar-refractivity contribution in [3.05, 3.63) is 58.7 Å². The highest BCUT2D eigenvalue weighted by molar-refractivity contribution is 6.30. The lowest BCUT2D eigenvalue weighted by Gasteiger charge is -2.25. The number of nitrogens with one attached hydrogen (secondary N) is 4. The van der Waals surface area contributed by atoms with Crippen LogP contribution >= 0.6 is 11.6 Å².